The first-order valence-electron chi connectivity index (χ1n) is 6.42. The predicted molar refractivity (Wildman–Crippen MR) is 80.2 cm³/mol. The maximum absolute atomic E-state index is 3.59. The zero-order chi connectivity index (χ0) is 13.1. The molecule has 0 aliphatic carbocycles. The molecule has 0 bridgehead atoms. The van der Waals surface area contributed by atoms with E-state index in [1.54, 1.807) is 0 Å². The molecule has 0 radical (unpaired) electrons. The van der Waals surface area contributed by atoms with E-state index in [4.69, 9.17) is 0 Å². The first-order chi connectivity index (χ1) is 8.56. The van der Waals surface area contributed by atoms with Crippen LogP contribution in [0.2, 0.25) is 0 Å². The average Bonchev–Trinajstić information content (AvgIpc) is 2.77. The minimum absolute atomic E-state index is 0.422. The van der Waals surface area contributed by atoms with E-state index >= 15 is 0 Å². The zero-order valence-corrected chi connectivity index (χ0v) is 12.4. The fourth-order valence-electron chi connectivity index (χ4n) is 1.97. The highest BCUT2D eigenvalue weighted by Gasteiger charge is 2.07. The van der Waals surface area contributed by atoms with Crippen molar-refractivity contribution in [2.45, 2.75) is 40.3 Å². The molecule has 18 heavy (non-hydrogen) atoms. The highest BCUT2D eigenvalue weighted by atomic mass is 32.1. The highest BCUT2D eigenvalue weighted by Crippen LogP contribution is 2.22. The molecule has 0 spiro atoms. The van der Waals surface area contributed by atoms with Crippen LogP contribution in [0.3, 0.4) is 0 Å². The second-order valence-electron chi connectivity index (χ2n) is 4.97. The van der Waals surface area contributed by atoms with Gasteiger partial charge in [0.1, 0.15) is 0 Å². The summed E-state index contributed by atoms with van der Waals surface area (Å²) in [4.78, 5) is 2.79. The molecular weight excluding hydrogens is 238 g/mol. The molecule has 96 valence electrons. The summed E-state index contributed by atoms with van der Waals surface area (Å²) in [5.74, 6) is 0. The monoisotopic (exact) mass is 259 g/mol. The minimum atomic E-state index is 0.422. The van der Waals surface area contributed by atoms with Crippen LogP contribution in [0, 0.1) is 20.8 Å². The first kappa shape index (κ1) is 13.3. The van der Waals surface area contributed by atoms with E-state index in [1.807, 2.05) is 11.3 Å². The normalized spacial score (nSPS) is 12.7. The van der Waals surface area contributed by atoms with Gasteiger partial charge in [0.05, 0.1) is 0 Å². The molecule has 1 unspecified atom stereocenters. The molecule has 1 N–H and O–H groups in total. The summed E-state index contributed by atoms with van der Waals surface area (Å²) in [6.45, 7) is 9.64. The van der Waals surface area contributed by atoms with Crippen molar-refractivity contribution in [1.82, 2.24) is 5.32 Å². The maximum Gasteiger partial charge on any atom is 0.0388 e. The standard InChI is InChI=1S/C16H21NS/c1-11-5-7-15(9-12(11)2)10-17-14(4)16-8-6-13(3)18-16/h5-9,14,17H,10H2,1-4H3. The number of nitrogens with one attached hydrogen (secondary N) is 1. The van der Waals surface area contributed by atoms with Crippen molar-refractivity contribution in [2.24, 2.45) is 0 Å². The van der Waals surface area contributed by atoms with Gasteiger partial charge in [0, 0.05) is 22.3 Å². The number of rotatable bonds is 4. The second-order valence-corrected chi connectivity index (χ2v) is 6.29. The topological polar surface area (TPSA) is 12.0 Å². The van der Waals surface area contributed by atoms with E-state index in [2.05, 4.69) is 63.3 Å². The Bertz CT molecular complexity index is 528. The van der Waals surface area contributed by atoms with Crippen molar-refractivity contribution in [3.05, 3.63) is 56.8 Å². The molecule has 1 heterocycles. The van der Waals surface area contributed by atoms with Crippen molar-refractivity contribution in [2.75, 3.05) is 0 Å². The summed E-state index contributed by atoms with van der Waals surface area (Å²) in [6, 6.07) is 11.5. The fourth-order valence-corrected chi connectivity index (χ4v) is 2.88. The van der Waals surface area contributed by atoms with Crippen LogP contribution < -0.4 is 5.32 Å². The molecule has 0 aliphatic heterocycles. The first-order valence-corrected chi connectivity index (χ1v) is 7.24. The summed E-state index contributed by atoms with van der Waals surface area (Å²) in [5.41, 5.74) is 4.09. The average molecular weight is 259 g/mol. The molecule has 2 heteroatoms. The Morgan fingerprint density at radius 3 is 2.44 bits per heavy atom. The minimum Gasteiger partial charge on any atom is -0.305 e. The molecule has 2 rings (SSSR count). The zero-order valence-electron chi connectivity index (χ0n) is 11.6. The molecule has 0 fully saturated rings. The number of aryl methyl sites for hydroxylation is 3. The van der Waals surface area contributed by atoms with Crippen LogP contribution in [0.1, 0.15) is 39.4 Å². The SMILES string of the molecule is Cc1ccc(C(C)NCc2ccc(C)c(C)c2)s1. The van der Waals surface area contributed by atoms with Crippen LogP contribution in [0.25, 0.3) is 0 Å². The lowest BCUT2D eigenvalue weighted by Gasteiger charge is -2.13. The third-order valence-corrected chi connectivity index (χ3v) is 4.56. The molecule has 0 saturated heterocycles. The van der Waals surface area contributed by atoms with Crippen molar-refractivity contribution in [3.63, 3.8) is 0 Å². The Kier molecular flexibility index (Phi) is 4.20. The second kappa shape index (κ2) is 5.68. The molecule has 0 saturated carbocycles. The van der Waals surface area contributed by atoms with E-state index < -0.39 is 0 Å². The van der Waals surface area contributed by atoms with Gasteiger partial charge in [-0.25, -0.2) is 0 Å². The molecule has 1 nitrogen and oxygen atoms in total. The summed E-state index contributed by atoms with van der Waals surface area (Å²) < 4.78 is 0. The van der Waals surface area contributed by atoms with Gasteiger partial charge in [0.25, 0.3) is 0 Å². The number of hydrogen-bond donors (Lipinski definition) is 1. The Labute approximate surface area is 114 Å². The van der Waals surface area contributed by atoms with Crippen LogP contribution in [-0.2, 0) is 6.54 Å². The largest absolute Gasteiger partial charge is 0.305 e. The Morgan fingerprint density at radius 1 is 1.06 bits per heavy atom. The van der Waals surface area contributed by atoms with Gasteiger partial charge >= 0.3 is 0 Å². The van der Waals surface area contributed by atoms with E-state index in [-0.39, 0.29) is 0 Å². The van der Waals surface area contributed by atoms with Crippen molar-refractivity contribution in [1.29, 1.82) is 0 Å². The Hall–Kier alpha value is -1.12. The van der Waals surface area contributed by atoms with E-state index in [1.165, 1.54) is 26.4 Å². The summed E-state index contributed by atoms with van der Waals surface area (Å²) in [7, 11) is 0. The van der Waals surface area contributed by atoms with Gasteiger partial charge in [-0.05, 0) is 56.5 Å². The quantitative estimate of drug-likeness (QED) is 0.851. The summed E-state index contributed by atoms with van der Waals surface area (Å²) >= 11 is 1.87. The third kappa shape index (κ3) is 3.21. The number of thiophene rings is 1. The number of benzene rings is 1. The van der Waals surface area contributed by atoms with Crippen LogP contribution in [-0.4, -0.2) is 0 Å². The lowest BCUT2D eigenvalue weighted by molar-refractivity contribution is 0.582. The predicted octanol–water partition coefficient (Wildman–Crippen LogP) is 4.52. The van der Waals surface area contributed by atoms with Gasteiger partial charge in [-0.15, -0.1) is 11.3 Å². The van der Waals surface area contributed by atoms with Crippen LogP contribution in [0.5, 0.6) is 0 Å². The van der Waals surface area contributed by atoms with Gasteiger partial charge in [0.2, 0.25) is 0 Å². The van der Waals surface area contributed by atoms with Gasteiger partial charge in [-0.1, -0.05) is 18.2 Å². The van der Waals surface area contributed by atoms with Gasteiger partial charge < -0.3 is 5.32 Å². The van der Waals surface area contributed by atoms with E-state index in [0.717, 1.165) is 6.54 Å². The van der Waals surface area contributed by atoms with Crippen LogP contribution >= 0.6 is 11.3 Å². The maximum atomic E-state index is 3.59. The molecular formula is C16H21NS. The third-order valence-electron chi connectivity index (χ3n) is 3.37. The van der Waals surface area contributed by atoms with E-state index in [9.17, 15) is 0 Å². The van der Waals surface area contributed by atoms with Crippen molar-refractivity contribution in [3.8, 4) is 0 Å². The highest BCUT2D eigenvalue weighted by molar-refractivity contribution is 7.12. The molecule has 1 aromatic carbocycles. The van der Waals surface area contributed by atoms with Crippen molar-refractivity contribution < 1.29 is 0 Å². The van der Waals surface area contributed by atoms with Gasteiger partial charge in [-0.2, -0.15) is 0 Å². The molecule has 0 amide bonds. The van der Waals surface area contributed by atoms with Gasteiger partial charge in [-0.3, -0.25) is 0 Å². The molecule has 1 aromatic heterocycles. The Balaban J connectivity index is 1.97. The van der Waals surface area contributed by atoms with Crippen LogP contribution in [0.4, 0.5) is 0 Å². The molecule has 2 aromatic rings. The lowest BCUT2D eigenvalue weighted by atomic mass is 10.1. The van der Waals surface area contributed by atoms with Crippen molar-refractivity contribution >= 4 is 11.3 Å². The van der Waals surface area contributed by atoms with Crippen LogP contribution in [0.15, 0.2) is 30.3 Å². The van der Waals surface area contributed by atoms with Gasteiger partial charge in [0.15, 0.2) is 0 Å². The van der Waals surface area contributed by atoms with E-state index in [0.29, 0.717) is 6.04 Å². The summed E-state index contributed by atoms with van der Waals surface area (Å²) in [6.07, 6.45) is 0. The summed E-state index contributed by atoms with van der Waals surface area (Å²) in [5, 5.41) is 3.59. The Morgan fingerprint density at radius 2 is 1.83 bits per heavy atom. The number of hydrogen-bond acceptors (Lipinski definition) is 2. The molecule has 1 atom stereocenters. The molecule has 0 aliphatic rings. The lowest BCUT2D eigenvalue weighted by Crippen LogP contribution is -2.17. The smallest absolute Gasteiger partial charge is 0.0388 e. The fraction of sp³-hybridized carbons (Fsp3) is 0.375.